The first-order valence-corrected chi connectivity index (χ1v) is 6.41. The fraction of sp³-hybridized carbons (Fsp3) is 0.500. The van der Waals surface area contributed by atoms with Gasteiger partial charge in [-0.3, -0.25) is 9.69 Å². The summed E-state index contributed by atoms with van der Waals surface area (Å²) >= 11 is 0. The van der Waals surface area contributed by atoms with E-state index >= 15 is 0 Å². The van der Waals surface area contributed by atoms with Crippen LogP contribution < -0.4 is 0 Å². The van der Waals surface area contributed by atoms with Crippen molar-refractivity contribution in [2.24, 2.45) is 0 Å². The molecule has 1 aliphatic rings. The van der Waals surface area contributed by atoms with Gasteiger partial charge < -0.3 is 10.2 Å². The van der Waals surface area contributed by atoms with Crippen LogP contribution in [0.3, 0.4) is 0 Å². The van der Waals surface area contributed by atoms with Gasteiger partial charge in [-0.15, -0.1) is 0 Å². The van der Waals surface area contributed by atoms with Crippen molar-refractivity contribution in [1.82, 2.24) is 4.90 Å². The molecule has 98 valence electrons. The summed E-state index contributed by atoms with van der Waals surface area (Å²) in [5.41, 5.74) is 0.961. The number of phenols is 1. The molecule has 1 aliphatic heterocycles. The molecule has 4 heteroatoms. The Morgan fingerprint density at radius 2 is 2.17 bits per heavy atom. The van der Waals surface area contributed by atoms with Crippen LogP contribution in [0.1, 0.15) is 31.2 Å². The van der Waals surface area contributed by atoms with Gasteiger partial charge in [-0.05, 0) is 37.1 Å². The van der Waals surface area contributed by atoms with Gasteiger partial charge in [0.2, 0.25) is 0 Å². The topological polar surface area (TPSA) is 60.8 Å². The summed E-state index contributed by atoms with van der Waals surface area (Å²) in [6.07, 6.45) is 3.84. The Morgan fingerprint density at radius 1 is 1.33 bits per heavy atom. The molecule has 2 rings (SSSR count). The highest BCUT2D eigenvalue weighted by Gasteiger charge is 2.26. The highest BCUT2D eigenvalue weighted by atomic mass is 16.4. The number of aromatic hydroxyl groups is 1. The molecule has 0 spiro atoms. The third kappa shape index (κ3) is 3.23. The van der Waals surface area contributed by atoms with Crippen LogP contribution >= 0.6 is 0 Å². The van der Waals surface area contributed by atoms with Gasteiger partial charge in [0.25, 0.3) is 0 Å². The first-order valence-electron chi connectivity index (χ1n) is 6.41. The molecule has 1 unspecified atom stereocenters. The molecule has 0 saturated carbocycles. The van der Waals surface area contributed by atoms with Gasteiger partial charge in [0.05, 0.1) is 0 Å². The molecule has 2 N–H and O–H groups in total. The Balaban J connectivity index is 2.11. The van der Waals surface area contributed by atoms with E-state index in [1.807, 2.05) is 11.0 Å². The molecule has 1 atom stereocenters. The van der Waals surface area contributed by atoms with E-state index in [9.17, 15) is 15.0 Å². The smallest absolute Gasteiger partial charge is 0.320 e. The molecular weight excluding hydrogens is 230 g/mol. The predicted octanol–water partition coefficient (Wildman–Crippen LogP) is 2.22. The zero-order valence-corrected chi connectivity index (χ0v) is 10.4. The molecule has 0 aliphatic carbocycles. The van der Waals surface area contributed by atoms with Crippen molar-refractivity contribution in [3.63, 3.8) is 0 Å². The first kappa shape index (κ1) is 12.9. The van der Waals surface area contributed by atoms with E-state index in [1.54, 1.807) is 18.2 Å². The predicted molar refractivity (Wildman–Crippen MR) is 68.4 cm³/mol. The van der Waals surface area contributed by atoms with Crippen molar-refractivity contribution >= 4 is 5.97 Å². The minimum absolute atomic E-state index is 0.231. The second kappa shape index (κ2) is 5.87. The summed E-state index contributed by atoms with van der Waals surface area (Å²) < 4.78 is 0. The van der Waals surface area contributed by atoms with E-state index in [0.29, 0.717) is 13.0 Å². The van der Waals surface area contributed by atoms with Crippen LogP contribution in [0, 0.1) is 0 Å². The van der Waals surface area contributed by atoms with Crippen molar-refractivity contribution in [3.8, 4) is 5.75 Å². The number of benzene rings is 1. The monoisotopic (exact) mass is 249 g/mol. The summed E-state index contributed by atoms with van der Waals surface area (Å²) in [4.78, 5) is 13.3. The van der Waals surface area contributed by atoms with Crippen LogP contribution in [0.25, 0.3) is 0 Å². The molecular formula is C14H19NO3. The lowest BCUT2D eigenvalue weighted by atomic mass is 10.1. The first-order chi connectivity index (χ1) is 8.66. The SMILES string of the molecule is O=C(O)C1CCCCCN1Cc1cccc(O)c1. The fourth-order valence-electron chi connectivity index (χ4n) is 2.53. The van der Waals surface area contributed by atoms with Crippen LogP contribution in [-0.2, 0) is 11.3 Å². The molecule has 1 fully saturated rings. The lowest BCUT2D eigenvalue weighted by Gasteiger charge is -2.26. The lowest BCUT2D eigenvalue weighted by Crippen LogP contribution is -2.40. The molecule has 1 aromatic carbocycles. The highest BCUT2D eigenvalue weighted by molar-refractivity contribution is 5.73. The van der Waals surface area contributed by atoms with Crippen molar-refractivity contribution < 1.29 is 15.0 Å². The molecule has 1 aromatic rings. The van der Waals surface area contributed by atoms with E-state index in [0.717, 1.165) is 31.4 Å². The second-order valence-electron chi connectivity index (χ2n) is 4.84. The van der Waals surface area contributed by atoms with Crippen LogP contribution in [0.15, 0.2) is 24.3 Å². The summed E-state index contributed by atoms with van der Waals surface area (Å²) in [6.45, 7) is 1.40. The molecule has 18 heavy (non-hydrogen) atoms. The number of hydrogen-bond donors (Lipinski definition) is 2. The minimum atomic E-state index is -0.739. The summed E-state index contributed by atoms with van der Waals surface area (Å²) in [5.74, 6) is -0.508. The lowest BCUT2D eigenvalue weighted by molar-refractivity contribution is -0.143. The van der Waals surface area contributed by atoms with Crippen molar-refractivity contribution in [2.75, 3.05) is 6.54 Å². The number of likely N-dealkylation sites (tertiary alicyclic amines) is 1. The van der Waals surface area contributed by atoms with Crippen molar-refractivity contribution in [2.45, 2.75) is 38.3 Å². The van der Waals surface area contributed by atoms with Gasteiger partial charge in [0.1, 0.15) is 11.8 Å². The van der Waals surface area contributed by atoms with E-state index in [2.05, 4.69) is 0 Å². The van der Waals surface area contributed by atoms with Crippen LogP contribution in [0.2, 0.25) is 0 Å². The third-order valence-electron chi connectivity index (χ3n) is 3.44. The number of phenolic OH excluding ortho intramolecular Hbond substituents is 1. The Bertz CT molecular complexity index is 419. The minimum Gasteiger partial charge on any atom is -0.508 e. The van der Waals surface area contributed by atoms with Gasteiger partial charge >= 0.3 is 5.97 Å². The molecule has 4 nitrogen and oxygen atoms in total. The van der Waals surface area contributed by atoms with Gasteiger partial charge in [-0.2, -0.15) is 0 Å². The van der Waals surface area contributed by atoms with E-state index in [4.69, 9.17) is 0 Å². The average molecular weight is 249 g/mol. The Kier molecular flexibility index (Phi) is 4.20. The number of carboxylic acids is 1. The summed E-state index contributed by atoms with van der Waals surface area (Å²) in [6, 6.07) is 6.64. The second-order valence-corrected chi connectivity index (χ2v) is 4.84. The highest BCUT2D eigenvalue weighted by Crippen LogP contribution is 2.21. The fourth-order valence-corrected chi connectivity index (χ4v) is 2.53. The van der Waals surface area contributed by atoms with E-state index in [-0.39, 0.29) is 5.75 Å². The largest absolute Gasteiger partial charge is 0.508 e. The van der Waals surface area contributed by atoms with Crippen LogP contribution in [0.5, 0.6) is 5.75 Å². The van der Waals surface area contributed by atoms with Gasteiger partial charge in [0, 0.05) is 6.54 Å². The number of aliphatic carboxylic acids is 1. The molecule has 0 aromatic heterocycles. The average Bonchev–Trinajstić information content (AvgIpc) is 2.54. The maximum atomic E-state index is 11.3. The van der Waals surface area contributed by atoms with Crippen molar-refractivity contribution in [1.29, 1.82) is 0 Å². The maximum Gasteiger partial charge on any atom is 0.320 e. The number of rotatable bonds is 3. The summed E-state index contributed by atoms with van der Waals surface area (Å²) in [5, 5.41) is 18.7. The molecule has 0 bridgehead atoms. The zero-order chi connectivity index (χ0) is 13.0. The molecule has 1 saturated heterocycles. The Labute approximate surface area is 107 Å². The van der Waals surface area contributed by atoms with E-state index in [1.165, 1.54) is 0 Å². The van der Waals surface area contributed by atoms with Crippen LogP contribution in [0.4, 0.5) is 0 Å². The summed E-state index contributed by atoms with van der Waals surface area (Å²) in [7, 11) is 0. The number of carboxylic acid groups (broad SMARTS) is 1. The van der Waals surface area contributed by atoms with Gasteiger partial charge in [0.15, 0.2) is 0 Å². The molecule has 1 heterocycles. The number of hydrogen-bond acceptors (Lipinski definition) is 3. The van der Waals surface area contributed by atoms with Gasteiger partial charge in [-0.1, -0.05) is 25.0 Å². The third-order valence-corrected chi connectivity index (χ3v) is 3.44. The van der Waals surface area contributed by atoms with Crippen LogP contribution in [-0.4, -0.2) is 33.7 Å². The Morgan fingerprint density at radius 3 is 2.89 bits per heavy atom. The molecule has 0 radical (unpaired) electrons. The quantitative estimate of drug-likeness (QED) is 0.862. The Hall–Kier alpha value is -1.55. The van der Waals surface area contributed by atoms with Crippen molar-refractivity contribution in [3.05, 3.63) is 29.8 Å². The zero-order valence-electron chi connectivity index (χ0n) is 10.4. The number of nitrogens with zero attached hydrogens (tertiary/aromatic N) is 1. The normalized spacial score (nSPS) is 21.4. The van der Waals surface area contributed by atoms with Gasteiger partial charge in [-0.25, -0.2) is 0 Å². The molecule has 0 amide bonds. The number of carbonyl (C=O) groups is 1. The maximum absolute atomic E-state index is 11.3. The van der Waals surface area contributed by atoms with E-state index < -0.39 is 12.0 Å². The standard InChI is InChI=1S/C14H19NO3/c16-12-6-4-5-11(9-12)10-15-8-3-1-2-7-13(15)14(17)18/h4-6,9,13,16H,1-3,7-8,10H2,(H,17,18).